The number of halogens is 2. The Balaban J connectivity index is 1.35. The summed E-state index contributed by atoms with van der Waals surface area (Å²) < 4.78 is 25.3. The Morgan fingerprint density at radius 2 is 2.11 bits per heavy atom. The summed E-state index contributed by atoms with van der Waals surface area (Å²) in [6, 6.07) is 8.09. The molecule has 1 fully saturated rings. The van der Waals surface area contributed by atoms with E-state index >= 15 is 0 Å². The number of ketones is 1. The Morgan fingerprint density at radius 1 is 1.32 bits per heavy atom. The molecule has 2 aliphatic rings. The normalized spacial score (nSPS) is 16.2. The third-order valence-corrected chi connectivity index (χ3v) is 5.44. The standard InChI is InChI=1S/C21H19ClFNO4/c1-12-4-16(2-3-18(12)22)27-10-13-8-24(9-13)21(26)17-6-14-5-15(25)11-28-20(14)7-19(17)23/h2-4,6-7,13H,5,8-11H2,1H3. The van der Waals surface area contributed by atoms with Crippen LogP contribution in [-0.4, -0.2) is 42.9 Å². The molecule has 4 rings (SSSR count). The Morgan fingerprint density at radius 3 is 2.86 bits per heavy atom. The minimum Gasteiger partial charge on any atom is -0.493 e. The minimum absolute atomic E-state index is 0.0234. The van der Waals surface area contributed by atoms with E-state index in [9.17, 15) is 14.0 Å². The van der Waals surface area contributed by atoms with Crippen molar-refractivity contribution in [2.24, 2.45) is 5.92 Å². The third kappa shape index (κ3) is 3.69. The van der Waals surface area contributed by atoms with Crippen LogP contribution in [0.5, 0.6) is 11.5 Å². The molecule has 0 bridgehead atoms. The smallest absolute Gasteiger partial charge is 0.256 e. The molecule has 2 aliphatic heterocycles. The molecule has 7 heteroatoms. The minimum atomic E-state index is -0.630. The molecule has 0 aromatic heterocycles. The summed E-state index contributed by atoms with van der Waals surface area (Å²) in [4.78, 5) is 25.7. The van der Waals surface area contributed by atoms with E-state index in [0.29, 0.717) is 36.0 Å². The van der Waals surface area contributed by atoms with Gasteiger partial charge in [0.15, 0.2) is 5.78 Å². The highest BCUT2D eigenvalue weighted by molar-refractivity contribution is 6.31. The van der Waals surface area contributed by atoms with Crippen molar-refractivity contribution in [1.82, 2.24) is 4.90 Å². The molecule has 0 atom stereocenters. The maximum absolute atomic E-state index is 14.3. The second kappa shape index (κ2) is 7.43. The molecule has 1 amide bonds. The van der Waals surface area contributed by atoms with Crippen LogP contribution in [0.3, 0.4) is 0 Å². The van der Waals surface area contributed by atoms with E-state index in [4.69, 9.17) is 21.1 Å². The van der Waals surface area contributed by atoms with E-state index in [1.807, 2.05) is 19.1 Å². The highest BCUT2D eigenvalue weighted by atomic mass is 35.5. The van der Waals surface area contributed by atoms with Crippen molar-refractivity contribution in [2.75, 3.05) is 26.3 Å². The molecule has 2 aromatic carbocycles. The van der Waals surface area contributed by atoms with Gasteiger partial charge in [-0.3, -0.25) is 9.59 Å². The van der Waals surface area contributed by atoms with E-state index in [0.717, 1.165) is 11.3 Å². The van der Waals surface area contributed by atoms with Crippen molar-refractivity contribution in [2.45, 2.75) is 13.3 Å². The average molecular weight is 404 g/mol. The van der Waals surface area contributed by atoms with Gasteiger partial charge in [-0.05, 0) is 36.8 Å². The van der Waals surface area contributed by atoms with Gasteiger partial charge < -0.3 is 14.4 Å². The first-order valence-electron chi connectivity index (χ1n) is 9.06. The van der Waals surface area contributed by atoms with Gasteiger partial charge in [0.25, 0.3) is 5.91 Å². The average Bonchev–Trinajstić information content (AvgIpc) is 2.62. The van der Waals surface area contributed by atoms with Crippen LogP contribution in [0.25, 0.3) is 0 Å². The Bertz CT molecular complexity index is 956. The summed E-state index contributed by atoms with van der Waals surface area (Å²) in [6.07, 6.45) is 0.160. The van der Waals surface area contributed by atoms with Crippen LogP contribution in [0.2, 0.25) is 5.02 Å². The number of carbonyl (C=O) groups excluding carboxylic acids is 2. The van der Waals surface area contributed by atoms with Gasteiger partial charge in [-0.15, -0.1) is 0 Å². The van der Waals surface area contributed by atoms with Gasteiger partial charge in [0.05, 0.1) is 12.2 Å². The van der Waals surface area contributed by atoms with E-state index < -0.39 is 5.82 Å². The topological polar surface area (TPSA) is 55.8 Å². The predicted molar refractivity (Wildman–Crippen MR) is 102 cm³/mol. The first kappa shape index (κ1) is 18.7. The zero-order valence-electron chi connectivity index (χ0n) is 15.3. The van der Waals surface area contributed by atoms with E-state index in [2.05, 4.69) is 0 Å². The maximum atomic E-state index is 14.3. The van der Waals surface area contributed by atoms with E-state index in [1.54, 1.807) is 11.0 Å². The lowest BCUT2D eigenvalue weighted by Gasteiger charge is -2.39. The first-order valence-corrected chi connectivity index (χ1v) is 9.43. The van der Waals surface area contributed by atoms with Crippen LogP contribution in [-0.2, 0) is 11.2 Å². The van der Waals surface area contributed by atoms with Gasteiger partial charge in [-0.25, -0.2) is 4.39 Å². The van der Waals surface area contributed by atoms with Gasteiger partial charge in [0.1, 0.15) is 23.9 Å². The molecule has 0 saturated carbocycles. The number of fused-ring (bicyclic) bond motifs is 1. The number of rotatable bonds is 4. The Hall–Kier alpha value is -2.60. The largest absolute Gasteiger partial charge is 0.493 e. The monoisotopic (exact) mass is 403 g/mol. The number of ether oxygens (including phenoxy) is 2. The fourth-order valence-corrected chi connectivity index (χ4v) is 3.51. The fraction of sp³-hybridized carbons (Fsp3) is 0.333. The zero-order valence-corrected chi connectivity index (χ0v) is 16.1. The number of nitrogens with zero attached hydrogens (tertiary/aromatic N) is 1. The molecule has 0 spiro atoms. The summed E-state index contributed by atoms with van der Waals surface area (Å²) in [7, 11) is 0. The fourth-order valence-electron chi connectivity index (χ4n) is 3.39. The number of Topliss-reactive ketones (excluding diaryl/α,β-unsaturated/α-hetero) is 1. The van der Waals surface area contributed by atoms with E-state index in [-0.39, 0.29) is 36.2 Å². The zero-order chi connectivity index (χ0) is 19.8. The van der Waals surface area contributed by atoms with Crippen molar-refractivity contribution in [3.05, 3.63) is 57.9 Å². The number of amides is 1. The summed E-state index contributed by atoms with van der Waals surface area (Å²) in [5.74, 6) is 0.159. The number of aryl methyl sites for hydroxylation is 1. The summed E-state index contributed by atoms with van der Waals surface area (Å²) in [5.41, 5.74) is 1.47. The molecule has 2 aromatic rings. The maximum Gasteiger partial charge on any atom is 0.256 e. The van der Waals surface area contributed by atoms with Crippen LogP contribution >= 0.6 is 11.6 Å². The molecule has 5 nitrogen and oxygen atoms in total. The molecule has 0 N–H and O–H groups in total. The van der Waals surface area contributed by atoms with Gasteiger partial charge in [-0.1, -0.05) is 11.6 Å². The third-order valence-electron chi connectivity index (χ3n) is 5.02. The number of hydrogen-bond acceptors (Lipinski definition) is 4. The second-order valence-corrected chi connectivity index (χ2v) is 7.65. The summed E-state index contributed by atoms with van der Waals surface area (Å²) >= 11 is 6.00. The summed E-state index contributed by atoms with van der Waals surface area (Å²) in [5, 5.41) is 0.687. The lowest BCUT2D eigenvalue weighted by Crippen LogP contribution is -2.52. The van der Waals surface area contributed by atoms with Crippen LogP contribution in [0.1, 0.15) is 21.5 Å². The molecule has 28 heavy (non-hydrogen) atoms. The van der Waals surface area contributed by atoms with Crippen molar-refractivity contribution < 1.29 is 23.5 Å². The van der Waals surface area contributed by atoms with Crippen molar-refractivity contribution >= 4 is 23.3 Å². The van der Waals surface area contributed by atoms with Crippen LogP contribution in [0.15, 0.2) is 30.3 Å². The van der Waals surface area contributed by atoms with Gasteiger partial charge in [0.2, 0.25) is 0 Å². The van der Waals surface area contributed by atoms with Crippen molar-refractivity contribution in [3.8, 4) is 11.5 Å². The number of hydrogen-bond donors (Lipinski definition) is 0. The number of likely N-dealkylation sites (tertiary alicyclic amines) is 1. The number of benzene rings is 2. The Labute approximate surface area is 167 Å². The second-order valence-electron chi connectivity index (χ2n) is 7.24. The molecular weight excluding hydrogens is 385 g/mol. The molecule has 0 unspecified atom stereocenters. The SMILES string of the molecule is Cc1cc(OCC2CN(C(=O)c3cc4c(cc3F)OCC(=O)C4)C2)ccc1Cl. The molecule has 1 saturated heterocycles. The molecular formula is C21H19ClFNO4. The highest BCUT2D eigenvalue weighted by Crippen LogP contribution is 2.29. The van der Waals surface area contributed by atoms with Crippen LogP contribution < -0.4 is 9.47 Å². The quantitative estimate of drug-likeness (QED) is 0.784. The molecule has 0 radical (unpaired) electrons. The van der Waals surface area contributed by atoms with Crippen molar-refractivity contribution in [3.63, 3.8) is 0 Å². The van der Waals surface area contributed by atoms with Gasteiger partial charge in [-0.2, -0.15) is 0 Å². The molecule has 0 aliphatic carbocycles. The molecule has 2 heterocycles. The van der Waals surface area contributed by atoms with E-state index in [1.165, 1.54) is 12.1 Å². The summed E-state index contributed by atoms with van der Waals surface area (Å²) in [6.45, 7) is 3.32. The van der Waals surface area contributed by atoms with Gasteiger partial charge >= 0.3 is 0 Å². The van der Waals surface area contributed by atoms with Crippen molar-refractivity contribution in [1.29, 1.82) is 0 Å². The predicted octanol–water partition coefficient (Wildman–Crippen LogP) is 3.44. The van der Waals surface area contributed by atoms with Crippen LogP contribution in [0, 0.1) is 18.7 Å². The van der Waals surface area contributed by atoms with Gasteiger partial charge in [0, 0.05) is 42.1 Å². The molecule has 146 valence electrons. The Kier molecular flexibility index (Phi) is 4.98. The number of carbonyl (C=O) groups is 2. The lowest BCUT2D eigenvalue weighted by molar-refractivity contribution is -0.121. The highest BCUT2D eigenvalue weighted by Gasteiger charge is 2.33. The first-order chi connectivity index (χ1) is 13.4. The lowest BCUT2D eigenvalue weighted by atomic mass is 9.97. The van der Waals surface area contributed by atoms with Crippen LogP contribution in [0.4, 0.5) is 4.39 Å².